The fraction of sp³-hybridized carbons (Fsp3) is 0. The van der Waals surface area contributed by atoms with Crippen LogP contribution in [-0.2, 0) is 5.21 Å². The van der Waals surface area contributed by atoms with E-state index in [1.165, 1.54) is 12.1 Å². The Morgan fingerprint density at radius 2 is 1.60 bits per heavy atom. The Labute approximate surface area is 68.3 Å². The highest BCUT2D eigenvalue weighted by atomic mass is 35.5. The molecule has 0 spiro atoms. The molecule has 10 heavy (non-hydrogen) atoms. The number of hydrogen-bond donors (Lipinski definition) is 1. The van der Waals surface area contributed by atoms with E-state index >= 15 is 0 Å². The van der Waals surface area contributed by atoms with Crippen molar-refractivity contribution in [2.75, 3.05) is 5.48 Å². The summed E-state index contributed by atoms with van der Waals surface area (Å²) in [6, 6.07) is 4.56. The van der Waals surface area contributed by atoms with Gasteiger partial charge < -0.3 is 0 Å². The molecule has 0 aromatic heterocycles. The van der Waals surface area contributed by atoms with Crippen molar-refractivity contribution in [1.29, 1.82) is 0 Å². The van der Waals surface area contributed by atoms with Crippen molar-refractivity contribution in [2.45, 2.75) is 0 Å². The van der Waals surface area contributed by atoms with E-state index < -0.39 is 0 Å². The van der Waals surface area contributed by atoms with Crippen LogP contribution in [0.1, 0.15) is 0 Å². The van der Waals surface area contributed by atoms with Crippen molar-refractivity contribution in [3.63, 3.8) is 0 Å². The van der Waals surface area contributed by atoms with Crippen LogP contribution < -0.4 is 5.48 Å². The normalized spacial score (nSPS) is 9.50. The largest absolute Gasteiger partial charge is 0.233 e. The second-order valence-corrected chi connectivity index (χ2v) is 2.63. The molecule has 0 aliphatic carbocycles. The summed E-state index contributed by atoms with van der Waals surface area (Å²) in [6.45, 7) is 0. The molecule has 0 aliphatic rings. The Balaban J connectivity index is 3.06. The van der Waals surface area contributed by atoms with E-state index in [0.717, 1.165) is 0 Å². The standard InChI is InChI=1S/C6H4Cl2NO/c7-4-1-5(8)3-6(2-4)9-10/h1-3,9H. The Morgan fingerprint density at radius 3 is 2.00 bits per heavy atom. The lowest BCUT2D eigenvalue weighted by Crippen LogP contribution is -1.85. The van der Waals surface area contributed by atoms with Gasteiger partial charge in [0.1, 0.15) is 0 Å². The van der Waals surface area contributed by atoms with Gasteiger partial charge in [0, 0.05) is 10.0 Å². The minimum absolute atomic E-state index is 0.373. The third kappa shape index (κ3) is 1.77. The average molecular weight is 177 g/mol. The van der Waals surface area contributed by atoms with Gasteiger partial charge in [-0.2, -0.15) is 0 Å². The van der Waals surface area contributed by atoms with E-state index in [1.807, 2.05) is 0 Å². The molecule has 0 saturated heterocycles. The van der Waals surface area contributed by atoms with Crippen molar-refractivity contribution in [3.8, 4) is 0 Å². The lowest BCUT2D eigenvalue weighted by molar-refractivity contribution is 0.274. The summed E-state index contributed by atoms with van der Waals surface area (Å²) in [4.78, 5) is 0. The molecule has 0 amide bonds. The maximum atomic E-state index is 10.1. The molecule has 0 bridgehead atoms. The highest BCUT2D eigenvalue weighted by Gasteiger charge is 1.95. The maximum Gasteiger partial charge on any atom is 0.0665 e. The van der Waals surface area contributed by atoms with Crippen LogP contribution in [0.25, 0.3) is 0 Å². The van der Waals surface area contributed by atoms with Crippen LogP contribution in [0, 0.1) is 0 Å². The maximum absolute atomic E-state index is 10.1. The van der Waals surface area contributed by atoms with Gasteiger partial charge in [-0.3, -0.25) is 0 Å². The number of halogens is 2. The number of nitrogens with one attached hydrogen (secondary N) is 1. The smallest absolute Gasteiger partial charge is 0.0665 e. The van der Waals surface area contributed by atoms with E-state index in [2.05, 4.69) is 0 Å². The topological polar surface area (TPSA) is 31.9 Å². The van der Waals surface area contributed by atoms with E-state index in [4.69, 9.17) is 23.2 Å². The van der Waals surface area contributed by atoms with Gasteiger partial charge >= 0.3 is 0 Å². The van der Waals surface area contributed by atoms with Crippen LogP contribution in [-0.4, -0.2) is 0 Å². The average Bonchev–Trinajstić information content (AvgIpc) is 1.85. The Kier molecular flexibility index (Phi) is 2.38. The zero-order valence-corrected chi connectivity index (χ0v) is 6.41. The minimum Gasteiger partial charge on any atom is -0.233 e. The van der Waals surface area contributed by atoms with Gasteiger partial charge in [-0.25, -0.2) is 5.48 Å². The molecule has 0 saturated carbocycles. The van der Waals surface area contributed by atoms with Gasteiger partial charge in [0.2, 0.25) is 0 Å². The zero-order chi connectivity index (χ0) is 7.56. The Morgan fingerprint density at radius 1 is 1.10 bits per heavy atom. The molecule has 2 nitrogen and oxygen atoms in total. The molecule has 0 fully saturated rings. The third-order valence-corrected chi connectivity index (χ3v) is 1.42. The van der Waals surface area contributed by atoms with Crippen LogP contribution in [0.15, 0.2) is 18.2 Å². The van der Waals surface area contributed by atoms with Crippen LogP contribution in [0.4, 0.5) is 5.69 Å². The molecule has 1 rings (SSSR count). The summed E-state index contributed by atoms with van der Waals surface area (Å²) in [5.41, 5.74) is 2.06. The van der Waals surface area contributed by atoms with Gasteiger partial charge in [0.15, 0.2) is 0 Å². The predicted octanol–water partition coefficient (Wildman–Crippen LogP) is 2.75. The molecule has 0 unspecified atom stereocenters. The number of anilines is 1. The second kappa shape index (κ2) is 3.10. The quantitative estimate of drug-likeness (QED) is 0.657. The highest BCUT2D eigenvalue weighted by Crippen LogP contribution is 2.21. The summed E-state index contributed by atoms with van der Waals surface area (Å²) in [7, 11) is 0. The Hall–Kier alpha value is -0.440. The van der Waals surface area contributed by atoms with Crippen molar-refractivity contribution >= 4 is 28.9 Å². The lowest BCUT2D eigenvalue weighted by Gasteiger charge is -1.97. The first-order valence-electron chi connectivity index (χ1n) is 2.56. The third-order valence-electron chi connectivity index (χ3n) is 0.980. The van der Waals surface area contributed by atoms with Crippen LogP contribution in [0.3, 0.4) is 0 Å². The molecule has 53 valence electrons. The number of hydrogen-bond acceptors (Lipinski definition) is 1. The van der Waals surface area contributed by atoms with Crippen LogP contribution in [0.2, 0.25) is 10.0 Å². The molecule has 0 atom stereocenters. The van der Waals surface area contributed by atoms with Gasteiger partial charge in [0.25, 0.3) is 0 Å². The van der Waals surface area contributed by atoms with Crippen molar-refractivity contribution in [2.24, 2.45) is 0 Å². The molecule has 1 N–H and O–H groups in total. The van der Waals surface area contributed by atoms with Gasteiger partial charge in [-0.15, -0.1) is 0 Å². The molecular formula is C6H4Cl2NO. The molecule has 1 aromatic rings. The highest BCUT2D eigenvalue weighted by molar-refractivity contribution is 6.35. The predicted molar refractivity (Wildman–Crippen MR) is 40.8 cm³/mol. The monoisotopic (exact) mass is 176 g/mol. The molecular weight excluding hydrogens is 173 g/mol. The SMILES string of the molecule is [O]Nc1cc(Cl)cc(Cl)c1. The van der Waals surface area contributed by atoms with E-state index in [1.54, 1.807) is 11.5 Å². The van der Waals surface area contributed by atoms with Gasteiger partial charge in [-0.1, -0.05) is 28.4 Å². The number of benzene rings is 1. The first-order valence-corrected chi connectivity index (χ1v) is 3.32. The molecule has 4 heteroatoms. The first kappa shape index (κ1) is 7.66. The molecule has 0 aliphatic heterocycles. The summed E-state index contributed by atoms with van der Waals surface area (Å²) in [5, 5.41) is 11.0. The summed E-state index contributed by atoms with van der Waals surface area (Å²) in [5.74, 6) is 0. The van der Waals surface area contributed by atoms with Crippen LogP contribution >= 0.6 is 23.2 Å². The molecule has 0 heterocycles. The second-order valence-electron chi connectivity index (χ2n) is 1.76. The van der Waals surface area contributed by atoms with Gasteiger partial charge in [-0.05, 0) is 18.2 Å². The van der Waals surface area contributed by atoms with E-state index in [0.29, 0.717) is 15.7 Å². The fourth-order valence-electron chi connectivity index (χ4n) is 0.613. The minimum atomic E-state index is 0.373. The first-order chi connectivity index (χ1) is 4.72. The van der Waals surface area contributed by atoms with Crippen molar-refractivity contribution in [3.05, 3.63) is 28.2 Å². The molecule has 1 aromatic carbocycles. The van der Waals surface area contributed by atoms with E-state index in [-0.39, 0.29) is 0 Å². The Bertz CT molecular complexity index is 219. The van der Waals surface area contributed by atoms with Crippen LogP contribution in [0.5, 0.6) is 0 Å². The van der Waals surface area contributed by atoms with Crippen molar-refractivity contribution in [1.82, 2.24) is 0 Å². The fourth-order valence-corrected chi connectivity index (χ4v) is 1.14. The summed E-state index contributed by atoms with van der Waals surface area (Å²) >= 11 is 11.1. The van der Waals surface area contributed by atoms with E-state index in [9.17, 15) is 5.21 Å². The van der Waals surface area contributed by atoms with Gasteiger partial charge in [0.05, 0.1) is 5.69 Å². The summed E-state index contributed by atoms with van der Waals surface area (Å²) in [6.07, 6.45) is 0. The molecule has 1 radical (unpaired) electrons. The zero-order valence-electron chi connectivity index (χ0n) is 4.90. The van der Waals surface area contributed by atoms with Crippen molar-refractivity contribution < 1.29 is 5.21 Å². The lowest BCUT2D eigenvalue weighted by atomic mass is 10.3. The number of rotatable bonds is 1. The summed E-state index contributed by atoms with van der Waals surface area (Å²) < 4.78 is 0.